The lowest BCUT2D eigenvalue weighted by atomic mass is 9.96. The Labute approximate surface area is 271 Å². The molecule has 0 bridgehead atoms. The monoisotopic (exact) mass is 651 g/mol. The van der Waals surface area contributed by atoms with E-state index in [-0.39, 0.29) is 36.3 Å². The van der Waals surface area contributed by atoms with E-state index in [1.807, 2.05) is 40.9 Å². The summed E-state index contributed by atoms with van der Waals surface area (Å²) >= 11 is 1.52. The van der Waals surface area contributed by atoms with Crippen LogP contribution in [0.4, 0.5) is 0 Å². The number of aliphatic carboxylic acids is 1. The quantitative estimate of drug-likeness (QED) is 0.110. The van der Waals surface area contributed by atoms with Crippen molar-refractivity contribution in [1.82, 2.24) is 21.3 Å². The maximum absolute atomic E-state index is 13.6. The number of rotatable bonds is 20. The summed E-state index contributed by atoms with van der Waals surface area (Å²) in [5.41, 5.74) is 6.69. The molecule has 1 rings (SSSR count). The molecule has 13 heteroatoms. The molecule has 0 saturated carbocycles. The molecule has 0 aliphatic rings. The first-order chi connectivity index (χ1) is 21.1. The van der Waals surface area contributed by atoms with Crippen molar-refractivity contribution in [3.8, 4) is 5.75 Å². The van der Waals surface area contributed by atoms with E-state index in [0.29, 0.717) is 30.6 Å². The summed E-state index contributed by atoms with van der Waals surface area (Å²) in [7, 11) is 0. The van der Waals surface area contributed by atoms with E-state index in [0.717, 1.165) is 0 Å². The van der Waals surface area contributed by atoms with Gasteiger partial charge in [0.15, 0.2) is 0 Å². The maximum atomic E-state index is 13.6. The number of phenols is 1. The molecule has 0 unspecified atom stereocenters. The third kappa shape index (κ3) is 13.7. The maximum Gasteiger partial charge on any atom is 0.326 e. The van der Waals surface area contributed by atoms with Crippen LogP contribution in [0, 0.1) is 17.8 Å². The van der Waals surface area contributed by atoms with Crippen molar-refractivity contribution in [2.45, 2.75) is 104 Å². The number of nitrogens with two attached hydrogens (primary N) is 1. The van der Waals surface area contributed by atoms with Gasteiger partial charge in [0.2, 0.25) is 23.6 Å². The van der Waals surface area contributed by atoms with Crippen molar-refractivity contribution in [1.29, 1.82) is 0 Å². The number of carbonyl (C=O) groups is 5. The molecule has 0 heterocycles. The molecule has 1 aromatic carbocycles. The zero-order valence-corrected chi connectivity index (χ0v) is 28.4. The molecular formula is C32H53N5O7S. The Morgan fingerprint density at radius 1 is 0.778 bits per heavy atom. The highest BCUT2D eigenvalue weighted by Gasteiger charge is 2.34. The Hall–Kier alpha value is -3.32. The van der Waals surface area contributed by atoms with Gasteiger partial charge in [0, 0.05) is 6.42 Å². The van der Waals surface area contributed by atoms with Crippen LogP contribution in [-0.2, 0) is 30.4 Å². The average Bonchev–Trinajstić information content (AvgIpc) is 3.00. The van der Waals surface area contributed by atoms with Gasteiger partial charge in [-0.05, 0) is 60.3 Å². The fraction of sp³-hybridized carbons (Fsp3) is 0.656. The number of thioether (sulfide) groups is 1. The van der Waals surface area contributed by atoms with Gasteiger partial charge in [0.05, 0.1) is 6.04 Å². The number of carboxylic acid groups (broad SMARTS) is 1. The van der Waals surface area contributed by atoms with Crippen LogP contribution in [0.3, 0.4) is 0 Å². The smallest absolute Gasteiger partial charge is 0.326 e. The molecule has 0 aromatic heterocycles. The van der Waals surface area contributed by atoms with E-state index in [2.05, 4.69) is 21.3 Å². The van der Waals surface area contributed by atoms with Crippen molar-refractivity contribution >= 4 is 41.4 Å². The largest absolute Gasteiger partial charge is 0.508 e. The molecular weight excluding hydrogens is 598 g/mol. The van der Waals surface area contributed by atoms with E-state index >= 15 is 0 Å². The van der Waals surface area contributed by atoms with Crippen LogP contribution in [-0.4, -0.2) is 82.0 Å². The third-order valence-electron chi connectivity index (χ3n) is 7.93. The van der Waals surface area contributed by atoms with E-state index < -0.39 is 59.8 Å². The van der Waals surface area contributed by atoms with Crippen LogP contribution in [0.5, 0.6) is 5.75 Å². The van der Waals surface area contributed by atoms with Gasteiger partial charge >= 0.3 is 5.97 Å². The molecule has 0 aliphatic heterocycles. The Balaban J connectivity index is 3.15. The average molecular weight is 652 g/mol. The Kier molecular flexibility index (Phi) is 17.6. The highest BCUT2D eigenvalue weighted by Crippen LogP contribution is 2.15. The van der Waals surface area contributed by atoms with Gasteiger partial charge in [-0.1, -0.05) is 66.5 Å². The number of carbonyl (C=O) groups excluding carboxylic acids is 4. The number of phenolic OH excluding ortho intramolecular Hbond substituents is 1. The first-order valence-corrected chi connectivity index (χ1v) is 17.0. The second kappa shape index (κ2) is 19.9. The summed E-state index contributed by atoms with van der Waals surface area (Å²) in [6.07, 6.45) is 3.66. The zero-order chi connectivity index (χ0) is 34.3. The first-order valence-electron chi connectivity index (χ1n) is 15.6. The lowest BCUT2D eigenvalue weighted by molar-refractivity contribution is -0.142. The van der Waals surface area contributed by atoms with Crippen LogP contribution in [0.2, 0.25) is 0 Å². The van der Waals surface area contributed by atoms with Crippen molar-refractivity contribution < 1.29 is 34.2 Å². The molecule has 8 N–H and O–H groups in total. The number of hydrogen-bond donors (Lipinski definition) is 7. The molecule has 0 saturated heterocycles. The van der Waals surface area contributed by atoms with E-state index in [1.165, 1.54) is 23.9 Å². The summed E-state index contributed by atoms with van der Waals surface area (Å²) in [6, 6.07) is 0.934. The summed E-state index contributed by atoms with van der Waals surface area (Å²) in [4.78, 5) is 65.3. The molecule has 1 aromatic rings. The summed E-state index contributed by atoms with van der Waals surface area (Å²) in [5.74, 6) is -3.30. The molecule has 0 radical (unpaired) electrons. The van der Waals surface area contributed by atoms with Gasteiger partial charge in [-0.15, -0.1) is 0 Å². The van der Waals surface area contributed by atoms with Crippen LogP contribution < -0.4 is 27.0 Å². The van der Waals surface area contributed by atoms with E-state index in [4.69, 9.17) is 5.73 Å². The van der Waals surface area contributed by atoms with Crippen molar-refractivity contribution in [2.24, 2.45) is 23.5 Å². The lowest BCUT2D eigenvalue weighted by Crippen LogP contribution is -2.60. The van der Waals surface area contributed by atoms with E-state index in [1.54, 1.807) is 19.1 Å². The molecule has 4 amide bonds. The van der Waals surface area contributed by atoms with Gasteiger partial charge in [-0.25, -0.2) is 4.79 Å². The summed E-state index contributed by atoms with van der Waals surface area (Å²) in [6.45, 7) is 11.2. The van der Waals surface area contributed by atoms with Crippen molar-refractivity contribution in [3.05, 3.63) is 29.8 Å². The zero-order valence-electron chi connectivity index (χ0n) is 27.6. The number of carboxylic acids is 1. The Bertz CT molecular complexity index is 1120. The van der Waals surface area contributed by atoms with Crippen LogP contribution >= 0.6 is 11.8 Å². The number of hydrogen-bond acceptors (Lipinski definition) is 8. The third-order valence-corrected chi connectivity index (χ3v) is 8.57. The number of aromatic hydroxyl groups is 1. The van der Waals surface area contributed by atoms with Gasteiger partial charge in [0.25, 0.3) is 0 Å². The number of benzene rings is 1. The molecule has 0 spiro atoms. The predicted molar refractivity (Wildman–Crippen MR) is 177 cm³/mol. The fourth-order valence-corrected chi connectivity index (χ4v) is 5.02. The minimum Gasteiger partial charge on any atom is -0.508 e. The minimum atomic E-state index is -1.28. The molecule has 7 atom stereocenters. The standard InChI is InChI=1S/C32H53N5O7S/c1-8-19(5)26(33)30(41)34-23(14-15-45-7)28(39)35-24(16-18(3)4)29(40)37-27(20(6)9-2)31(42)36-25(32(43)44)17-21-10-12-22(38)13-11-21/h10-13,18-20,23-27,38H,8-9,14-17,33H2,1-7H3,(H,34,41)(H,35,39)(H,36,42)(H,37,40)(H,43,44)/t19-,20-,23-,24-,25-,26-,27-/m0/s1. The van der Waals surface area contributed by atoms with Gasteiger partial charge in [-0.3, -0.25) is 19.2 Å². The molecule has 45 heavy (non-hydrogen) atoms. The van der Waals surface area contributed by atoms with Crippen LogP contribution in [0.25, 0.3) is 0 Å². The Morgan fingerprint density at radius 2 is 1.31 bits per heavy atom. The summed E-state index contributed by atoms with van der Waals surface area (Å²) < 4.78 is 0. The Morgan fingerprint density at radius 3 is 1.82 bits per heavy atom. The second-order valence-corrected chi connectivity index (χ2v) is 13.1. The minimum absolute atomic E-state index is 0.00307. The topological polar surface area (TPSA) is 200 Å². The van der Waals surface area contributed by atoms with Crippen molar-refractivity contribution in [3.63, 3.8) is 0 Å². The SMILES string of the molecule is CC[C@H](C)[C@H](N)C(=O)N[C@@H](CCSC)C(=O)N[C@@H](CC(C)C)C(=O)N[C@H](C(=O)N[C@@H](Cc1ccc(O)cc1)C(=O)O)[C@@H](C)CC. The highest BCUT2D eigenvalue weighted by molar-refractivity contribution is 7.98. The van der Waals surface area contributed by atoms with Crippen LogP contribution in [0.1, 0.15) is 72.8 Å². The van der Waals surface area contributed by atoms with E-state index in [9.17, 15) is 34.2 Å². The predicted octanol–water partition coefficient (Wildman–Crippen LogP) is 2.18. The molecule has 0 aliphatic carbocycles. The number of nitrogens with one attached hydrogen (secondary N) is 4. The molecule has 254 valence electrons. The highest BCUT2D eigenvalue weighted by atomic mass is 32.2. The normalized spacial score (nSPS) is 15.9. The van der Waals surface area contributed by atoms with Crippen molar-refractivity contribution in [2.75, 3.05) is 12.0 Å². The fourth-order valence-electron chi connectivity index (χ4n) is 4.55. The van der Waals surface area contributed by atoms with Crippen LogP contribution in [0.15, 0.2) is 24.3 Å². The summed E-state index contributed by atoms with van der Waals surface area (Å²) in [5, 5.41) is 30.2. The molecule has 0 fully saturated rings. The number of amides is 4. The van der Waals surface area contributed by atoms with Gasteiger partial charge < -0.3 is 37.2 Å². The first kappa shape index (κ1) is 39.7. The van der Waals surface area contributed by atoms with Gasteiger partial charge in [0.1, 0.15) is 29.9 Å². The lowest BCUT2D eigenvalue weighted by Gasteiger charge is -2.29. The molecule has 12 nitrogen and oxygen atoms in total. The van der Waals surface area contributed by atoms with Gasteiger partial charge in [-0.2, -0.15) is 11.8 Å². The second-order valence-electron chi connectivity index (χ2n) is 12.1.